The molecule has 0 bridgehead atoms. The van der Waals surface area contributed by atoms with Gasteiger partial charge in [0.25, 0.3) is 0 Å². The molecule has 120 valence electrons. The number of ether oxygens (including phenoxy) is 1. The highest BCUT2D eigenvalue weighted by Gasteiger charge is 2.25. The normalized spacial score (nSPS) is 15.5. The Morgan fingerprint density at radius 2 is 2.09 bits per heavy atom. The third-order valence-corrected chi connectivity index (χ3v) is 4.08. The Balaban J connectivity index is 2.60. The molecule has 1 N–H and O–H groups in total. The largest absolute Gasteiger partial charge is 0.495 e. The molecule has 0 spiro atoms. The van der Waals surface area contributed by atoms with Crippen LogP contribution in [0, 0.1) is 0 Å². The topological polar surface area (TPSA) is 49.8 Å². The van der Waals surface area contributed by atoms with Crippen LogP contribution in [0.5, 0.6) is 5.75 Å². The van der Waals surface area contributed by atoms with Gasteiger partial charge < -0.3 is 14.7 Å². The standard InChI is InChI=1S/C17H22FNO3/c1-10(2)19-7-5-6-12-8-13(9-14(22-4)16(12)19)11(3)15(18)17(20)21/h8-10H,5-7H2,1-4H3,(H,20,21). The van der Waals surface area contributed by atoms with Crippen LogP contribution >= 0.6 is 0 Å². The van der Waals surface area contributed by atoms with Crippen LogP contribution in [0.3, 0.4) is 0 Å². The zero-order chi connectivity index (χ0) is 16.4. The number of anilines is 1. The van der Waals surface area contributed by atoms with E-state index in [-0.39, 0.29) is 5.57 Å². The highest BCUT2D eigenvalue weighted by molar-refractivity contribution is 5.94. The van der Waals surface area contributed by atoms with E-state index >= 15 is 0 Å². The molecule has 0 aliphatic carbocycles. The number of halogens is 1. The van der Waals surface area contributed by atoms with E-state index in [2.05, 4.69) is 18.7 Å². The Hall–Kier alpha value is -2.04. The van der Waals surface area contributed by atoms with Gasteiger partial charge in [0.05, 0.1) is 12.8 Å². The first-order valence-corrected chi connectivity index (χ1v) is 7.44. The highest BCUT2D eigenvalue weighted by atomic mass is 19.1. The number of methoxy groups -OCH3 is 1. The quantitative estimate of drug-likeness (QED) is 0.863. The Morgan fingerprint density at radius 1 is 1.41 bits per heavy atom. The summed E-state index contributed by atoms with van der Waals surface area (Å²) >= 11 is 0. The van der Waals surface area contributed by atoms with Gasteiger partial charge in [0.15, 0.2) is 0 Å². The van der Waals surface area contributed by atoms with Crippen LogP contribution in [0.25, 0.3) is 5.57 Å². The van der Waals surface area contributed by atoms with E-state index in [0.29, 0.717) is 17.4 Å². The van der Waals surface area contributed by atoms with Crippen molar-refractivity contribution in [1.82, 2.24) is 0 Å². The van der Waals surface area contributed by atoms with Crippen LogP contribution in [0.15, 0.2) is 18.0 Å². The van der Waals surface area contributed by atoms with Crippen molar-refractivity contribution in [2.45, 2.75) is 39.7 Å². The zero-order valence-corrected chi connectivity index (χ0v) is 13.4. The SMILES string of the molecule is COc1cc(C(C)=C(F)C(=O)O)cc2c1N(C(C)C)CCC2. The third kappa shape index (κ3) is 2.93. The summed E-state index contributed by atoms with van der Waals surface area (Å²) in [6.45, 7) is 6.68. The number of aryl methyl sites for hydroxylation is 1. The molecular formula is C17H22FNO3. The number of carbonyl (C=O) groups is 1. The first-order valence-electron chi connectivity index (χ1n) is 7.44. The predicted molar refractivity (Wildman–Crippen MR) is 85.1 cm³/mol. The lowest BCUT2D eigenvalue weighted by atomic mass is 9.94. The van der Waals surface area contributed by atoms with Crippen molar-refractivity contribution in [1.29, 1.82) is 0 Å². The van der Waals surface area contributed by atoms with Gasteiger partial charge in [-0.25, -0.2) is 4.79 Å². The molecule has 0 radical (unpaired) electrons. The molecule has 2 rings (SSSR count). The molecule has 1 aromatic carbocycles. The molecular weight excluding hydrogens is 285 g/mol. The Labute approximate surface area is 130 Å². The molecule has 0 unspecified atom stereocenters. The van der Waals surface area contributed by atoms with Crippen molar-refractivity contribution in [2.24, 2.45) is 0 Å². The number of nitrogens with zero attached hydrogens (tertiary/aromatic N) is 1. The maximum absolute atomic E-state index is 13.7. The monoisotopic (exact) mass is 307 g/mol. The van der Waals surface area contributed by atoms with E-state index in [1.807, 2.05) is 6.07 Å². The Kier molecular flexibility index (Phi) is 4.74. The van der Waals surface area contributed by atoms with Gasteiger partial charge in [-0.15, -0.1) is 0 Å². The summed E-state index contributed by atoms with van der Waals surface area (Å²) < 4.78 is 19.2. The van der Waals surface area contributed by atoms with E-state index in [0.717, 1.165) is 30.6 Å². The summed E-state index contributed by atoms with van der Waals surface area (Å²) in [5, 5.41) is 8.82. The first-order chi connectivity index (χ1) is 10.4. The maximum Gasteiger partial charge on any atom is 0.365 e. The lowest BCUT2D eigenvalue weighted by molar-refractivity contribution is -0.134. The molecule has 4 nitrogen and oxygen atoms in total. The lowest BCUT2D eigenvalue weighted by Crippen LogP contribution is -2.35. The van der Waals surface area contributed by atoms with Crippen molar-refractivity contribution in [3.05, 3.63) is 29.1 Å². The average Bonchev–Trinajstić information content (AvgIpc) is 2.51. The van der Waals surface area contributed by atoms with Gasteiger partial charge in [-0.1, -0.05) is 0 Å². The minimum atomic E-state index is -1.54. The van der Waals surface area contributed by atoms with Gasteiger partial charge in [-0.2, -0.15) is 4.39 Å². The van der Waals surface area contributed by atoms with Crippen molar-refractivity contribution < 1.29 is 19.0 Å². The second-order valence-corrected chi connectivity index (χ2v) is 5.82. The molecule has 1 heterocycles. The molecule has 0 aromatic heterocycles. The smallest absolute Gasteiger partial charge is 0.365 e. The van der Waals surface area contributed by atoms with Crippen molar-refractivity contribution in [3.8, 4) is 5.75 Å². The zero-order valence-electron chi connectivity index (χ0n) is 13.4. The molecule has 1 aromatic rings. The van der Waals surface area contributed by atoms with Gasteiger partial charge in [-0.05, 0) is 62.4 Å². The Bertz CT molecular complexity index is 605. The maximum atomic E-state index is 13.7. The molecule has 5 heteroatoms. The van der Waals surface area contributed by atoms with Crippen LogP contribution in [0.1, 0.15) is 38.3 Å². The highest BCUT2D eigenvalue weighted by Crippen LogP contribution is 2.40. The molecule has 0 saturated carbocycles. The molecule has 1 aliphatic rings. The van der Waals surface area contributed by atoms with Gasteiger partial charge in [0, 0.05) is 12.6 Å². The van der Waals surface area contributed by atoms with Gasteiger partial charge in [0.1, 0.15) is 5.75 Å². The van der Waals surface area contributed by atoms with E-state index in [4.69, 9.17) is 9.84 Å². The summed E-state index contributed by atoms with van der Waals surface area (Å²) in [6, 6.07) is 3.94. The number of hydrogen-bond acceptors (Lipinski definition) is 3. The number of aliphatic carboxylic acids is 1. The van der Waals surface area contributed by atoms with Gasteiger partial charge in [0.2, 0.25) is 5.83 Å². The van der Waals surface area contributed by atoms with E-state index < -0.39 is 11.8 Å². The minimum absolute atomic E-state index is 0.121. The van der Waals surface area contributed by atoms with E-state index in [1.165, 1.54) is 6.92 Å². The molecule has 1 aliphatic heterocycles. The van der Waals surface area contributed by atoms with Crippen LogP contribution in [0.4, 0.5) is 10.1 Å². The number of rotatable bonds is 4. The van der Waals surface area contributed by atoms with E-state index in [1.54, 1.807) is 13.2 Å². The minimum Gasteiger partial charge on any atom is -0.495 e. The van der Waals surface area contributed by atoms with Crippen molar-refractivity contribution in [2.75, 3.05) is 18.6 Å². The third-order valence-electron chi connectivity index (χ3n) is 4.08. The number of carboxylic acids is 1. The molecule has 0 amide bonds. The Morgan fingerprint density at radius 3 is 2.64 bits per heavy atom. The van der Waals surface area contributed by atoms with Crippen molar-refractivity contribution in [3.63, 3.8) is 0 Å². The van der Waals surface area contributed by atoms with Crippen LogP contribution in [-0.4, -0.2) is 30.8 Å². The van der Waals surface area contributed by atoms with Crippen LogP contribution < -0.4 is 9.64 Å². The molecule has 0 saturated heterocycles. The van der Waals surface area contributed by atoms with Gasteiger partial charge in [-0.3, -0.25) is 0 Å². The number of hydrogen-bond donors (Lipinski definition) is 1. The van der Waals surface area contributed by atoms with Crippen molar-refractivity contribution >= 4 is 17.2 Å². The second-order valence-electron chi connectivity index (χ2n) is 5.82. The number of allylic oxidation sites excluding steroid dienone is 1. The van der Waals surface area contributed by atoms with Gasteiger partial charge >= 0.3 is 5.97 Å². The number of benzene rings is 1. The molecule has 0 atom stereocenters. The fraction of sp³-hybridized carbons (Fsp3) is 0.471. The summed E-state index contributed by atoms with van der Waals surface area (Å²) in [5.41, 5.74) is 2.79. The second kappa shape index (κ2) is 6.38. The summed E-state index contributed by atoms with van der Waals surface area (Å²) in [5.74, 6) is -2.00. The molecule has 22 heavy (non-hydrogen) atoms. The first kappa shape index (κ1) is 16.3. The summed E-state index contributed by atoms with van der Waals surface area (Å²) in [7, 11) is 1.58. The van der Waals surface area contributed by atoms with Crippen LogP contribution in [-0.2, 0) is 11.2 Å². The summed E-state index contributed by atoms with van der Waals surface area (Å²) in [4.78, 5) is 13.1. The number of carboxylic acid groups (broad SMARTS) is 1. The fourth-order valence-electron chi connectivity index (χ4n) is 2.91. The number of fused-ring (bicyclic) bond motifs is 1. The average molecular weight is 307 g/mol. The lowest BCUT2D eigenvalue weighted by Gasteiger charge is -2.36. The molecule has 0 fully saturated rings. The predicted octanol–water partition coefficient (Wildman–Crippen LogP) is 3.64. The fourth-order valence-corrected chi connectivity index (χ4v) is 2.91. The summed E-state index contributed by atoms with van der Waals surface area (Å²) in [6.07, 6.45) is 1.90. The van der Waals surface area contributed by atoms with E-state index in [9.17, 15) is 9.18 Å². The van der Waals surface area contributed by atoms with Crippen LogP contribution in [0.2, 0.25) is 0 Å².